The van der Waals surface area contributed by atoms with Crippen molar-refractivity contribution in [2.75, 3.05) is 6.61 Å². The van der Waals surface area contributed by atoms with Gasteiger partial charge in [-0.3, -0.25) is 14.3 Å². The van der Waals surface area contributed by atoms with Gasteiger partial charge in [0.2, 0.25) is 0 Å². The van der Waals surface area contributed by atoms with Crippen LogP contribution in [-0.4, -0.2) is 41.8 Å². The smallest absolute Gasteiger partial charge is 0.405 e. The zero-order valence-corrected chi connectivity index (χ0v) is 21.7. The molecule has 1 fully saturated rings. The molecule has 0 spiro atoms. The Labute approximate surface area is 212 Å². The molecule has 0 aliphatic carbocycles. The van der Waals surface area contributed by atoms with Crippen LogP contribution in [0.4, 0.5) is 13.2 Å². The van der Waals surface area contributed by atoms with E-state index in [1.54, 1.807) is 4.98 Å². The van der Waals surface area contributed by atoms with Crippen molar-refractivity contribution in [3.05, 3.63) is 93.3 Å². The summed E-state index contributed by atoms with van der Waals surface area (Å²) in [5.74, 6) is 0. The summed E-state index contributed by atoms with van der Waals surface area (Å²) in [4.78, 5) is 25.6. The minimum atomic E-state index is -4.95. The highest BCUT2D eigenvalue weighted by atomic mass is 28.4. The largest absolute Gasteiger partial charge is 0.423 e. The third-order valence-corrected chi connectivity index (χ3v) is 11.7. The van der Waals surface area contributed by atoms with Crippen molar-refractivity contribution in [2.24, 2.45) is 0 Å². The van der Waals surface area contributed by atoms with E-state index in [1.807, 2.05) is 60.7 Å². The highest BCUT2D eigenvalue weighted by Gasteiger charge is 2.51. The summed E-state index contributed by atoms with van der Waals surface area (Å²) in [6.45, 7) is 6.22. The number of benzene rings is 2. The Morgan fingerprint density at radius 2 is 1.57 bits per heavy atom. The molecule has 0 amide bonds. The lowest BCUT2D eigenvalue weighted by molar-refractivity contribution is -0.139. The molecule has 4 rings (SSSR count). The Morgan fingerprint density at radius 3 is 2.05 bits per heavy atom. The number of aromatic nitrogens is 2. The first-order chi connectivity index (χ1) is 17.3. The van der Waals surface area contributed by atoms with Crippen LogP contribution in [0.25, 0.3) is 0 Å². The van der Waals surface area contributed by atoms with Gasteiger partial charge in [-0.25, -0.2) is 4.79 Å². The van der Waals surface area contributed by atoms with Crippen molar-refractivity contribution in [1.29, 1.82) is 0 Å². The van der Waals surface area contributed by atoms with Gasteiger partial charge in [0.05, 0.1) is 12.7 Å². The lowest BCUT2D eigenvalue weighted by Gasteiger charge is -2.43. The molecule has 3 atom stereocenters. The number of hydrogen-bond donors (Lipinski definition) is 2. The highest BCUT2D eigenvalue weighted by Crippen LogP contribution is 2.38. The van der Waals surface area contributed by atoms with Crippen LogP contribution < -0.4 is 21.6 Å². The first kappa shape index (κ1) is 27.1. The summed E-state index contributed by atoms with van der Waals surface area (Å²) in [6, 6.07) is 19.6. The normalized spacial score (nSPS) is 20.8. The number of alkyl halides is 3. The van der Waals surface area contributed by atoms with Crippen LogP contribution in [-0.2, 0) is 15.3 Å². The molecular formula is C26H29F3N2O5Si. The van der Waals surface area contributed by atoms with Crippen molar-refractivity contribution < 1.29 is 27.4 Å². The molecule has 0 unspecified atom stereocenters. The SMILES string of the molecule is CC(C)(C)[Si](OC[C@H]1O[C@@H](n2cc(C(F)(F)F)c(=O)[nH]c2=O)C[C@@H]1O)(c1ccccc1)c1ccccc1. The fraction of sp³-hybridized carbons (Fsp3) is 0.385. The molecule has 37 heavy (non-hydrogen) atoms. The maximum absolute atomic E-state index is 13.2. The van der Waals surface area contributed by atoms with Gasteiger partial charge in [0.1, 0.15) is 17.9 Å². The Balaban J connectivity index is 1.66. The lowest BCUT2D eigenvalue weighted by atomic mass is 10.2. The van der Waals surface area contributed by atoms with E-state index >= 15 is 0 Å². The fourth-order valence-corrected chi connectivity index (χ4v) is 9.48. The Bertz CT molecular complexity index is 1300. The second kappa shape index (κ2) is 10.0. The summed E-state index contributed by atoms with van der Waals surface area (Å²) in [5.41, 5.74) is -4.10. The van der Waals surface area contributed by atoms with Gasteiger partial charge in [-0.05, 0) is 15.4 Å². The average Bonchev–Trinajstić information content (AvgIpc) is 3.19. The molecule has 0 bridgehead atoms. The second-order valence-corrected chi connectivity index (χ2v) is 14.4. The molecule has 3 aromatic rings. The van der Waals surface area contributed by atoms with Crippen molar-refractivity contribution in [3.8, 4) is 0 Å². The maximum atomic E-state index is 13.2. The third-order valence-electron chi connectivity index (χ3n) is 6.67. The predicted octanol–water partition coefficient (Wildman–Crippen LogP) is 2.78. The van der Waals surface area contributed by atoms with E-state index in [0.717, 1.165) is 10.4 Å². The van der Waals surface area contributed by atoms with Crippen LogP contribution in [0.15, 0.2) is 76.4 Å². The fourth-order valence-electron chi connectivity index (χ4n) is 4.91. The summed E-state index contributed by atoms with van der Waals surface area (Å²) in [5, 5.41) is 12.4. The minimum absolute atomic E-state index is 0.0464. The van der Waals surface area contributed by atoms with E-state index < -0.39 is 49.7 Å². The topological polar surface area (TPSA) is 93.5 Å². The Kier molecular flexibility index (Phi) is 7.35. The maximum Gasteiger partial charge on any atom is 0.423 e. The number of rotatable bonds is 6. The molecule has 1 aromatic heterocycles. The molecule has 198 valence electrons. The molecule has 1 aliphatic rings. The van der Waals surface area contributed by atoms with Crippen LogP contribution in [0.3, 0.4) is 0 Å². The van der Waals surface area contributed by atoms with Crippen molar-refractivity contribution in [2.45, 2.75) is 56.8 Å². The predicted molar refractivity (Wildman–Crippen MR) is 134 cm³/mol. The first-order valence-corrected chi connectivity index (χ1v) is 13.8. The van der Waals surface area contributed by atoms with Gasteiger partial charge >= 0.3 is 11.9 Å². The molecule has 7 nitrogen and oxygen atoms in total. The number of hydrogen-bond acceptors (Lipinski definition) is 5. The molecule has 0 saturated carbocycles. The summed E-state index contributed by atoms with van der Waals surface area (Å²) < 4.78 is 53.0. The molecule has 1 saturated heterocycles. The number of ether oxygens (including phenoxy) is 1. The second-order valence-electron chi connectivity index (χ2n) is 10.1. The van der Waals surface area contributed by atoms with E-state index in [4.69, 9.17) is 9.16 Å². The molecule has 1 aliphatic heterocycles. The van der Waals surface area contributed by atoms with Gasteiger partial charge < -0.3 is 14.3 Å². The number of aromatic amines is 1. The van der Waals surface area contributed by atoms with E-state index in [1.165, 1.54) is 0 Å². The molecular weight excluding hydrogens is 505 g/mol. The zero-order valence-electron chi connectivity index (χ0n) is 20.7. The minimum Gasteiger partial charge on any atom is -0.405 e. The van der Waals surface area contributed by atoms with E-state index in [-0.39, 0.29) is 18.1 Å². The van der Waals surface area contributed by atoms with Crippen LogP contribution in [0.2, 0.25) is 5.04 Å². The number of nitrogens with one attached hydrogen (secondary N) is 1. The summed E-state index contributed by atoms with van der Waals surface area (Å²) in [7, 11) is -2.96. The number of nitrogens with zero attached hydrogens (tertiary/aromatic N) is 1. The quantitative estimate of drug-likeness (QED) is 0.475. The molecule has 11 heteroatoms. The average molecular weight is 535 g/mol. The van der Waals surface area contributed by atoms with Crippen LogP contribution in [0.1, 0.15) is 39.0 Å². The van der Waals surface area contributed by atoms with Gasteiger partial charge in [-0.1, -0.05) is 81.4 Å². The van der Waals surface area contributed by atoms with Gasteiger partial charge in [-0.15, -0.1) is 0 Å². The van der Waals surface area contributed by atoms with E-state index in [0.29, 0.717) is 10.8 Å². The van der Waals surface area contributed by atoms with E-state index in [9.17, 15) is 27.9 Å². The van der Waals surface area contributed by atoms with Crippen LogP contribution in [0, 0.1) is 0 Å². The monoisotopic (exact) mass is 534 g/mol. The van der Waals surface area contributed by atoms with Crippen LogP contribution in [0.5, 0.6) is 0 Å². The van der Waals surface area contributed by atoms with Gasteiger partial charge in [0, 0.05) is 12.6 Å². The van der Waals surface area contributed by atoms with Gasteiger partial charge in [-0.2, -0.15) is 13.2 Å². The summed E-state index contributed by atoms with van der Waals surface area (Å²) in [6.07, 6.45) is -7.86. The first-order valence-electron chi connectivity index (χ1n) is 11.9. The molecule has 0 radical (unpaired) electrons. The Hall–Kier alpha value is -2.99. The molecule has 2 aromatic carbocycles. The lowest BCUT2D eigenvalue weighted by Crippen LogP contribution is -2.67. The highest BCUT2D eigenvalue weighted by molar-refractivity contribution is 6.99. The number of aliphatic hydroxyl groups excluding tert-OH is 1. The number of aliphatic hydroxyl groups is 1. The summed E-state index contributed by atoms with van der Waals surface area (Å²) >= 11 is 0. The van der Waals surface area contributed by atoms with E-state index in [2.05, 4.69) is 20.8 Å². The standard InChI is InChI=1S/C26H29F3N2O5Si/c1-25(2,3)37(17-10-6-4-7-11-17,18-12-8-5-9-13-18)35-16-21-20(32)14-22(36-21)31-15-19(26(27,28)29)23(33)30-24(31)34/h4-13,15,20-22,32H,14,16H2,1-3H3,(H,30,33,34)/t20-,21+,22+/m0/s1. The zero-order chi connectivity index (χ0) is 27.0. The number of halogens is 3. The van der Waals surface area contributed by atoms with Crippen molar-refractivity contribution in [3.63, 3.8) is 0 Å². The van der Waals surface area contributed by atoms with Crippen molar-refractivity contribution >= 4 is 18.7 Å². The third kappa shape index (κ3) is 5.22. The molecule has 2 N–H and O–H groups in total. The number of H-pyrrole nitrogens is 1. The van der Waals surface area contributed by atoms with Gasteiger partial charge in [0.15, 0.2) is 0 Å². The molecule has 2 heterocycles. The van der Waals surface area contributed by atoms with Gasteiger partial charge in [0.25, 0.3) is 13.9 Å². The van der Waals surface area contributed by atoms with Crippen molar-refractivity contribution in [1.82, 2.24) is 9.55 Å². The van der Waals surface area contributed by atoms with Crippen LogP contribution >= 0.6 is 0 Å². The Morgan fingerprint density at radius 1 is 1.03 bits per heavy atom.